The average Bonchev–Trinajstić information content (AvgIpc) is 3.17. The number of rotatable bonds is 5. The van der Waals surface area contributed by atoms with Crippen LogP contribution in [-0.2, 0) is 33.1 Å². The topological polar surface area (TPSA) is 103 Å². The van der Waals surface area contributed by atoms with Gasteiger partial charge in [0.2, 0.25) is 0 Å². The first-order valence-electron chi connectivity index (χ1n) is 11.1. The Kier molecular flexibility index (Phi) is 5.05. The van der Waals surface area contributed by atoms with Crippen LogP contribution in [0.1, 0.15) is 49.4 Å². The summed E-state index contributed by atoms with van der Waals surface area (Å²) in [6.45, 7) is 6.12. The highest BCUT2D eigenvalue weighted by Crippen LogP contribution is 2.41. The van der Waals surface area contributed by atoms with Crippen LogP contribution in [0, 0.1) is 5.92 Å². The van der Waals surface area contributed by atoms with E-state index in [0.29, 0.717) is 35.7 Å². The quantitative estimate of drug-likeness (QED) is 0.218. The predicted octanol–water partition coefficient (Wildman–Crippen LogP) is 3.09. The highest BCUT2D eigenvalue weighted by Gasteiger charge is 2.49. The van der Waals surface area contributed by atoms with Crippen LogP contribution < -0.4 is 5.56 Å². The van der Waals surface area contributed by atoms with Crippen molar-refractivity contribution >= 4 is 23.1 Å². The molecule has 2 aromatic heterocycles. The summed E-state index contributed by atoms with van der Waals surface area (Å²) in [6.07, 6.45) is 2.52. The highest BCUT2D eigenvalue weighted by molar-refractivity contribution is 6.02. The van der Waals surface area contributed by atoms with Crippen molar-refractivity contribution in [1.29, 1.82) is 0 Å². The molecule has 8 heteroatoms. The number of aliphatic hydroxyl groups is 1. The minimum Gasteiger partial charge on any atom is -0.458 e. The van der Waals surface area contributed by atoms with Gasteiger partial charge in [0.05, 0.1) is 35.2 Å². The standard InChI is InChI=1S/C25H25N3O5/c1-4-9-33-26-11-16-15-7-5-6-8-20(15)27-22-17(16)12-28-21(22)10-19-18(23(28)29)13-32-24(30)25(19,31)14(2)3/h5-8,10-11,14,31H,4,9,12-13H2,1-3H3/b26-11+/t25-/m0/s1. The van der Waals surface area contributed by atoms with Gasteiger partial charge < -0.3 is 19.2 Å². The van der Waals surface area contributed by atoms with Gasteiger partial charge in [0.25, 0.3) is 5.56 Å². The van der Waals surface area contributed by atoms with E-state index in [0.717, 1.165) is 28.5 Å². The van der Waals surface area contributed by atoms with Crippen LogP contribution in [0.15, 0.2) is 40.3 Å². The lowest BCUT2D eigenvalue weighted by atomic mass is 9.79. The lowest BCUT2D eigenvalue weighted by Gasteiger charge is -2.35. The van der Waals surface area contributed by atoms with E-state index in [9.17, 15) is 14.7 Å². The maximum atomic E-state index is 13.5. The van der Waals surface area contributed by atoms with Gasteiger partial charge in [-0.3, -0.25) is 4.79 Å². The van der Waals surface area contributed by atoms with Crippen LogP contribution in [0.2, 0.25) is 0 Å². The van der Waals surface area contributed by atoms with E-state index in [1.807, 2.05) is 31.2 Å². The summed E-state index contributed by atoms with van der Waals surface area (Å²) in [4.78, 5) is 36.2. The number of cyclic esters (lactones) is 1. The van der Waals surface area contributed by atoms with E-state index in [1.165, 1.54) is 0 Å². The Morgan fingerprint density at radius 3 is 2.85 bits per heavy atom. The van der Waals surface area contributed by atoms with Crippen molar-refractivity contribution in [3.8, 4) is 11.4 Å². The van der Waals surface area contributed by atoms with Gasteiger partial charge in [0.1, 0.15) is 13.2 Å². The Hall–Kier alpha value is -3.52. The normalized spacial score (nSPS) is 19.0. The molecule has 4 heterocycles. The lowest BCUT2D eigenvalue weighted by molar-refractivity contribution is -0.177. The largest absolute Gasteiger partial charge is 0.458 e. The zero-order chi connectivity index (χ0) is 23.3. The number of benzene rings is 1. The number of hydrogen-bond donors (Lipinski definition) is 1. The van der Waals surface area contributed by atoms with E-state index in [-0.39, 0.29) is 12.2 Å². The van der Waals surface area contributed by atoms with Crippen molar-refractivity contribution in [2.45, 2.75) is 45.9 Å². The first kappa shape index (κ1) is 21.3. The molecule has 1 N–H and O–H groups in total. The Bertz CT molecular complexity index is 1370. The van der Waals surface area contributed by atoms with Crippen molar-refractivity contribution in [2.24, 2.45) is 11.1 Å². The minimum absolute atomic E-state index is 0.159. The molecular weight excluding hydrogens is 422 g/mol. The molecular formula is C25H25N3O5. The van der Waals surface area contributed by atoms with Crippen LogP contribution >= 0.6 is 0 Å². The van der Waals surface area contributed by atoms with Crippen molar-refractivity contribution in [3.05, 3.63) is 62.9 Å². The maximum absolute atomic E-state index is 13.5. The molecule has 0 fully saturated rings. The number of nitrogens with zero attached hydrogens (tertiary/aromatic N) is 3. The van der Waals surface area contributed by atoms with Crippen LogP contribution in [0.4, 0.5) is 0 Å². The molecule has 8 nitrogen and oxygen atoms in total. The first-order valence-corrected chi connectivity index (χ1v) is 11.1. The van der Waals surface area contributed by atoms with Crippen LogP contribution in [0.5, 0.6) is 0 Å². The molecule has 3 aromatic rings. The summed E-state index contributed by atoms with van der Waals surface area (Å²) in [5.74, 6) is -1.21. The molecule has 170 valence electrons. The number of oxime groups is 1. The highest BCUT2D eigenvalue weighted by atomic mass is 16.6. The van der Waals surface area contributed by atoms with Gasteiger partial charge in [-0.15, -0.1) is 0 Å². The molecule has 0 aliphatic carbocycles. The van der Waals surface area contributed by atoms with E-state index < -0.39 is 17.5 Å². The average molecular weight is 447 g/mol. The molecule has 0 radical (unpaired) electrons. The monoisotopic (exact) mass is 447 g/mol. The van der Waals surface area contributed by atoms with E-state index in [2.05, 4.69) is 5.16 Å². The van der Waals surface area contributed by atoms with Gasteiger partial charge in [0.15, 0.2) is 5.60 Å². The number of pyridine rings is 2. The molecule has 2 aliphatic heterocycles. The Morgan fingerprint density at radius 1 is 1.30 bits per heavy atom. The van der Waals surface area contributed by atoms with E-state index in [1.54, 1.807) is 30.7 Å². The molecule has 0 spiro atoms. The third-order valence-electron chi connectivity index (χ3n) is 6.45. The lowest BCUT2D eigenvalue weighted by Crippen LogP contribution is -2.48. The SMILES string of the molecule is CCCO/N=C/c1c2c(nc3ccccc13)-c1cc3c(c(=O)n1C2)COC(=O)[C@]3(O)C(C)C. The number of fused-ring (bicyclic) bond motifs is 5. The smallest absolute Gasteiger partial charge is 0.343 e. The minimum atomic E-state index is -1.89. The summed E-state index contributed by atoms with van der Waals surface area (Å²) in [5.41, 5.74) is 2.05. The van der Waals surface area contributed by atoms with E-state index in [4.69, 9.17) is 14.6 Å². The summed E-state index contributed by atoms with van der Waals surface area (Å²) in [6, 6.07) is 9.42. The Balaban J connectivity index is 1.76. The maximum Gasteiger partial charge on any atom is 0.343 e. The third kappa shape index (κ3) is 3.08. The predicted molar refractivity (Wildman–Crippen MR) is 123 cm³/mol. The molecule has 0 amide bonds. The number of esters is 1. The zero-order valence-electron chi connectivity index (χ0n) is 18.8. The number of hydrogen-bond acceptors (Lipinski definition) is 7. The fourth-order valence-corrected chi connectivity index (χ4v) is 4.61. The van der Waals surface area contributed by atoms with Crippen molar-refractivity contribution in [1.82, 2.24) is 9.55 Å². The van der Waals surface area contributed by atoms with Gasteiger partial charge in [-0.05, 0) is 24.5 Å². The van der Waals surface area contributed by atoms with Gasteiger partial charge in [-0.2, -0.15) is 0 Å². The van der Waals surface area contributed by atoms with Crippen molar-refractivity contribution < 1.29 is 19.5 Å². The molecule has 0 saturated heterocycles. The van der Waals surface area contributed by atoms with Crippen molar-refractivity contribution in [3.63, 3.8) is 0 Å². The van der Waals surface area contributed by atoms with Crippen LogP contribution in [-0.4, -0.2) is 33.4 Å². The number of para-hydroxylation sites is 1. The summed E-state index contributed by atoms with van der Waals surface area (Å²) in [5, 5.41) is 16.3. The number of ether oxygens (including phenoxy) is 1. The van der Waals surface area contributed by atoms with Crippen LogP contribution in [0.3, 0.4) is 0 Å². The molecule has 33 heavy (non-hydrogen) atoms. The summed E-state index contributed by atoms with van der Waals surface area (Å²) < 4.78 is 6.83. The molecule has 2 aliphatic rings. The molecule has 1 atom stereocenters. The summed E-state index contributed by atoms with van der Waals surface area (Å²) in [7, 11) is 0. The van der Waals surface area contributed by atoms with Gasteiger partial charge in [0, 0.05) is 22.1 Å². The fraction of sp³-hybridized carbons (Fsp3) is 0.360. The molecule has 0 unspecified atom stereocenters. The molecule has 0 bridgehead atoms. The Morgan fingerprint density at radius 2 is 2.09 bits per heavy atom. The number of aromatic nitrogens is 2. The summed E-state index contributed by atoms with van der Waals surface area (Å²) >= 11 is 0. The zero-order valence-corrected chi connectivity index (χ0v) is 18.8. The van der Waals surface area contributed by atoms with Gasteiger partial charge in [-0.25, -0.2) is 9.78 Å². The molecule has 0 saturated carbocycles. The Labute approximate surface area is 190 Å². The fourth-order valence-electron chi connectivity index (χ4n) is 4.61. The van der Waals surface area contributed by atoms with Gasteiger partial charge >= 0.3 is 5.97 Å². The first-order chi connectivity index (χ1) is 15.9. The van der Waals surface area contributed by atoms with Crippen LogP contribution in [0.25, 0.3) is 22.3 Å². The second-order valence-electron chi connectivity index (χ2n) is 8.75. The number of carbonyl (C=O) groups is 1. The molecule has 1 aromatic carbocycles. The molecule has 5 rings (SSSR count). The second kappa shape index (κ2) is 7.81. The third-order valence-corrected chi connectivity index (χ3v) is 6.45. The van der Waals surface area contributed by atoms with Gasteiger partial charge in [-0.1, -0.05) is 44.1 Å². The van der Waals surface area contributed by atoms with Crippen molar-refractivity contribution in [2.75, 3.05) is 6.61 Å². The van der Waals surface area contributed by atoms with E-state index >= 15 is 0 Å². The second-order valence-corrected chi connectivity index (χ2v) is 8.75. The number of carbonyl (C=O) groups excluding carboxylic acids is 1.